The summed E-state index contributed by atoms with van der Waals surface area (Å²) in [5.41, 5.74) is -0.194. The second-order valence-corrected chi connectivity index (χ2v) is 7.92. The van der Waals surface area contributed by atoms with Crippen molar-refractivity contribution in [1.29, 1.82) is 0 Å². The van der Waals surface area contributed by atoms with Gasteiger partial charge in [-0.1, -0.05) is 0 Å². The van der Waals surface area contributed by atoms with Crippen LogP contribution in [0.3, 0.4) is 0 Å². The Morgan fingerprint density at radius 1 is 1.42 bits per heavy atom. The molecule has 0 unspecified atom stereocenters. The summed E-state index contributed by atoms with van der Waals surface area (Å²) in [6.45, 7) is 10.7. The predicted octanol–water partition coefficient (Wildman–Crippen LogP) is 3.30. The van der Waals surface area contributed by atoms with Crippen molar-refractivity contribution < 1.29 is 18.7 Å². The van der Waals surface area contributed by atoms with Crippen LogP contribution < -0.4 is 0 Å². The molecule has 3 rings (SSSR count). The maximum absolute atomic E-state index is 12.4. The number of hydrogen-bond donors (Lipinski definition) is 0. The van der Waals surface area contributed by atoms with E-state index in [9.17, 15) is 4.79 Å². The highest BCUT2D eigenvalue weighted by Crippen LogP contribution is 2.33. The van der Waals surface area contributed by atoms with E-state index in [4.69, 9.17) is 13.9 Å². The Morgan fingerprint density at radius 2 is 2.17 bits per heavy atom. The zero-order valence-electron chi connectivity index (χ0n) is 15.0. The normalized spacial score (nSPS) is 23.1. The number of rotatable bonds is 2. The van der Waals surface area contributed by atoms with Gasteiger partial charge in [-0.05, 0) is 47.5 Å². The lowest BCUT2D eigenvalue weighted by Gasteiger charge is -2.27. The van der Waals surface area contributed by atoms with Crippen molar-refractivity contribution in [3.05, 3.63) is 17.8 Å². The Kier molecular flexibility index (Phi) is 4.05. The van der Waals surface area contributed by atoms with Gasteiger partial charge in [0, 0.05) is 6.54 Å². The molecule has 0 saturated carbocycles. The van der Waals surface area contributed by atoms with Gasteiger partial charge in [0.25, 0.3) is 0 Å². The van der Waals surface area contributed by atoms with Crippen LogP contribution in [-0.4, -0.2) is 46.2 Å². The summed E-state index contributed by atoms with van der Waals surface area (Å²) in [6, 6.07) is -0.205. The van der Waals surface area contributed by atoms with Crippen LogP contribution in [0.4, 0.5) is 4.79 Å². The van der Waals surface area contributed by atoms with Crippen molar-refractivity contribution in [1.82, 2.24) is 9.88 Å². The summed E-state index contributed by atoms with van der Waals surface area (Å²) in [5, 5.41) is 0. The lowest BCUT2D eigenvalue weighted by molar-refractivity contribution is 0.0204. The molecule has 1 saturated heterocycles. The van der Waals surface area contributed by atoms with E-state index >= 15 is 0 Å². The van der Waals surface area contributed by atoms with Gasteiger partial charge in [-0.2, -0.15) is 0 Å². The molecule has 0 spiro atoms. The average molecular weight is 335 g/mol. The van der Waals surface area contributed by atoms with Crippen molar-refractivity contribution in [2.24, 2.45) is 4.99 Å². The van der Waals surface area contributed by atoms with E-state index in [1.165, 1.54) is 0 Å². The number of aliphatic imine (C=N–C) groups is 1. The molecule has 1 aromatic rings. The molecule has 1 fully saturated rings. The fourth-order valence-corrected chi connectivity index (χ4v) is 2.82. The van der Waals surface area contributed by atoms with E-state index in [-0.39, 0.29) is 17.7 Å². The third-order valence-corrected chi connectivity index (χ3v) is 3.87. The maximum atomic E-state index is 12.4. The molecule has 0 aliphatic carbocycles. The number of hydrogen-bond acceptors (Lipinski definition) is 6. The number of ether oxygens (including phenoxy) is 2. The highest BCUT2D eigenvalue weighted by atomic mass is 16.6. The topological polar surface area (TPSA) is 77.2 Å². The smallest absolute Gasteiger partial charge is 0.410 e. The van der Waals surface area contributed by atoms with Gasteiger partial charge in [0.2, 0.25) is 11.8 Å². The number of carbonyl (C=O) groups excluding carboxylic acids is 1. The molecule has 0 aromatic carbocycles. The highest BCUT2D eigenvalue weighted by Gasteiger charge is 2.37. The number of carbonyl (C=O) groups is 1. The summed E-state index contributed by atoms with van der Waals surface area (Å²) < 4.78 is 16.7. The second-order valence-electron chi connectivity index (χ2n) is 7.92. The molecule has 7 nitrogen and oxygen atoms in total. The predicted molar refractivity (Wildman–Crippen MR) is 88.0 cm³/mol. The van der Waals surface area contributed by atoms with Crippen LogP contribution in [0.1, 0.15) is 65.1 Å². The van der Waals surface area contributed by atoms with Gasteiger partial charge in [-0.3, -0.25) is 4.90 Å². The molecule has 2 aliphatic heterocycles. The molecule has 2 aliphatic rings. The number of aromatic nitrogens is 1. The molecule has 1 atom stereocenters. The fraction of sp³-hybridized carbons (Fsp3) is 0.706. The quantitative estimate of drug-likeness (QED) is 0.828. The first-order valence-electron chi connectivity index (χ1n) is 8.33. The third-order valence-electron chi connectivity index (χ3n) is 3.87. The van der Waals surface area contributed by atoms with Crippen LogP contribution in [0, 0.1) is 0 Å². The standard InChI is InChI=1S/C17H25N3O4/c1-16(2,3)24-15(21)20-8-6-7-12(20)14-18-11(9-22-14)13-19-17(4,5)10-23-13/h9,12H,6-8,10H2,1-5H3/t12-/m0/s1. The van der Waals surface area contributed by atoms with E-state index in [2.05, 4.69) is 9.98 Å². The van der Waals surface area contributed by atoms with Gasteiger partial charge in [-0.15, -0.1) is 0 Å². The summed E-state index contributed by atoms with van der Waals surface area (Å²) in [6.07, 6.45) is 2.91. The molecule has 0 N–H and O–H groups in total. The van der Waals surface area contributed by atoms with Crippen LogP contribution in [0.5, 0.6) is 0 Å². The zero-order chi connectivity index (χ0) is 17.5. The summed E-state index contributed by atoms with van der Waals surface area (Å²) >= 11 is 0. The third kappa shape index (κ3) is 3.55. The van der Waals surface area contributed by atoms with Crippen LogP contribution in [0.15, 0.2) is 15.7 Å². The monoisotopic (exact) mass is 335 g/mol. The minimum Gasteiger partial charge on any atom is -0.474 e. The van der Waals surface area contributed by atoms with Gasteiger partial charge in [0.05, 0.1) is 5.54 Å². The van der Waals surface area contributed by atoms with E-state index in [1.807, 2.05) is 34.6 Å². The maximum Gasteiger partial charge on any atom is 0.410 e. The number of oxazole rings is 1. The minimum atomic E-state index is -0.524. The molecule has 24 heavy (non-hydrogen) atoms. The first-order chi connectivity index (χ1) is 11.1. The SMILES string of the molecule is CC1(C)COC(c2coc([C@@H]3CCCN3C(=O)OC(C)(C)C)n2)=N1. The Balaban J connectivity index is 1.76. The van der Waals surface area contributed by atoms with Crippen molar-refractivity contribution in [2.45, 2.75) is 64.6 Å². The fourth-order valence-electron chi connectivity index (χ4n) is 2.82. The summed E-state index contributed by atoms with van der Waals surface area (Å²) in [4.78, 5) is 23.1. The van der Waals surface area contributed by atoms with Crippen LogP contribution >= 0.6 is 0 Å². The molecule has 0 bridgehead atoms. The van der Waals surface area contributed by atoms with E-state index < -0.39 is 5.60 Å². The molecule has 1 aromatic heterocycles. The number of likely N-dealkylation sites (tertiary alicyclic amines) is 1. The Bertz CT molecular complexity index is 657. The first-order valence-corrected chi connectivity index (χ1v) is 8.33. The van der Waals surface area contributed by atoms with Crippen molar-refractivity contribution in [3.63, 3.8) is 0 Å². The Morgan fingerprint density at radius 3 is 2.79 bits per heavy atom. The van der Waals surface area contributed by atoms with Crippen molar-refractivity contribution in [2.75, 3.05) is 13.2 Å². The Labute approximate surface area is 142 Å². The highest BCUT2D eigenvalue weighted by molar-refractivity contribution is 5.93. The minimum absolute atomic E-state index is 0.205. The molecule has 3 heterocycles. The van der Waals surface area contributed by atoms with Crippen molar-refractivity contribution >= 4 is 12.0 Å². The molecule has 1 amide bonds. The lowest BCUT2D eigenvalue weighted by Crippen LogP contribution is -2.36. The molecular weight excluding hydrogens is 310 g/mol. The van der Waals surface area contributed by atoms with E-state index in [0.29, 0.717) is 30.6 Å². The van der Waals surface area contributed by atoms with Crippen molar-refractivity contribution in [3.8, 4) is 0 Å². The van der Waals surface area contributed by atoms with Gasteiger partial charge in [-0.25, -0.2) is 14.8 Å². The van der Waals surface area contributed by atoms with E-state index in [0.717, 1.165) is 12.8 Å². The molecule has 7 heteroatoms. The molecule has 0 radical (unpaired) electrons. The summed E-state index contributed by atoms with van der Waals surface area (Å²) in [5.74, 6) is 1.00. The van der Waals surface area contributed by atoms with E-state index in [1.54, 1.807) is 11.2 Å². The van der Waals surface area contributed by atoms with Gasteiger partial charge in [0.15, 0.2) is 5.69 Å². The van der Waals surface area contributed by atoms with Crippen LogP contribution in [0.2, 0.25) is 0 Å². The van der Waals surface area contributed by atoms with Gasteiger partial charge < -0.3 is 13.9 Å². The second kappa shape index (κ2) is 5.79. The first kappa shape index (κ1) is 16.8. The van der Waals surface area contributed by atoms with Crippen LogP contribution in [0.25, 0.3) is 0 Å². The number of amides is 1. The van der Waals surface area contributed by atoms with Crippen LogP contribution in [-0.2, 0) is 9.47 Å². The largest absolute Gasteiger partial charge is 0.474 e. The zero-order valence-corrected chi connectivity index (χ0v) is 15.0. The molecular formula is C17H25N3O4. The summed E-state index contributed by atoms with van der Waals surface area (Å²) in [7, 11) is 0. The Hall–Kier alpha value is -2.05. The van der Waals surface area contributed by atoms with Gasteiger partial charge in [0.1, 0.15) is 24.5 Å². The lowest BCUT2D eigenvalue weighted by atomic mass is 10.1. The van der Waals surface area contributed by atoms with Gasteiger partial charge >= 0.3 is 6.09 Å². The molecule has 132 valence electrons. The average Bonchev–Trinajstić information content (AvgIpc) is 3.13. The number of nitrogens with zero attached hydrogens (tertiary/aromatic N) is 3.